The Hall–Kier alpha value is -1.14. The number of carboxylic acid groups (broad SMARTS) is 1. The van der Waals surface area contributed by atoms with Crippen molar-refractivity contribution < 1.29 is 19.4 Å². The topological polar surface area (TPSA) is 102 Å². The normalized spacial score (nSPS) is 14.2. The minimum atomic E-state index is -0.824. The Bertz CT molecular complexity index is 229. The van der Waals surface area contributed by atoms with Crippen LogP contribution < -0.4 is 11.1 Å². The van der Waals surface area contributed by atoms with E-state index in [9.17, 15) is 9.59 Å². The summed E-state index contributed by atoms with van der Waals surface area (Å²) >= 11 is 0. The zero-order valence-electron chi connectivity index (χ0n) is 9.73. The summed E-state index contributed by atoms with van der Waals surface area (Å²) in [6, 6.07) is 0. The molecule has 0 radical (unpaired) electrons. The first kappa shape index (κ1) is 14.9. The number of hydrogen-bond acceptors (Lipinski definition) is 4. The molecule has 0 saturated heterocycles. The Kier molecular flexibility index (Phi) is 7.49. The van der Waals surface area contributed by atoms with Crippen LogP contribution in [0.3, 0.4) is 0 Å². The van der Waals surface area contributed by atoms with Gasteiger partial charge in [0.25, 0.3) is 0 Å². The molecule has 0 saturated carbocycles. The van der Waals surface area contributed by atoms with Gasteiger partial charge in [0.1, 0.15) is 6.10 Å². The van der Waals surface area contributed by atoms with Gasteiger partial charge in [-0.25, -0.2) is 0 Å². The molecule has 0 spiro atoms. The number of carboxylic acids is 1. The summed E-state index contributed by atoms with van der Waals surface area (Å²) < 4.78 is 4.86. The van der Waals surface area contributed by atoms with Crippen LogP contribution in [-0.2, 0) is 14.3 Å². The van der Waals surface area contributed by atoms with E-state index in [2.05, 4.69) is 5.32 Å². The highest BCUT2D eigenvalue weighted by Crippen LogP contribution is 2.03. The fourth-order valence-electron chi connectivity index (χ4n) is 1.17. The molecule has 0 aliphatic rings. The fraction of sp³-hybridized carbons (Fsp3) is 0.800. The standard InChI is InChI=1S/C10H20N2O4/c1-7(3-4-9(13)14)6-12-10(15)8(5-11)16-2/h7-8H,3-6,11H2,1-2H3,(H,12,15)(H,13,14). The van der Waals surface area contributed by atoms with Crippen molar-refractivity contribution in [2.24, 2.45) is 11.7 Å². The Morgan fingerprint density at radius 1 is 1.50 bits per heavy atom. The molecule has 4 N–H and O–H groups in total. The lowest BCUT2D eigenvalue weighted by atomic mass is 10.1. The van der Waals surface area contributed by atoms with E-state index < -0.39 is 12.1 Å². The van der Waals surface area contributed by atoms with E-state index in [1.54, 1.807) is 0 Å². The summed E-state index contributed by atoms with van der Waals surface area (Å²) in [5.41, 5.74) is 5.33. The van der Waals surface area contributed by atoms with Crippen LogP contribution in [0, 0.1) is 5.92 Å². The van der Waals surface area contributed by atoms with E-state index in [1.165, 1.54) is 7.11 Å². The van der Waals surface area contributed by atoms with Crippen LogP contribution in [0.15, 0.2) is 0 Å². The zero-order valence-corrected chi connectivity index (χ0v) is 9.73. The molecule has 0 aliphatic heterocycles. The van der Waals surface area contributed by atoms with Gasteiger partial charge in [0.2, 0.25) is 5.91 Å². The maximum Gasteiger partial charge on any atom is 0.303 e. The fourth-order valence-corrected chi connectivity index (χ4v) is 1.17. The van der Waals surface area contributed by atoms with E-state index in [0.717, 1.165) is 0 Å². The van der Waals surface area contributed by atoms with Crippen LogP contribution in [0.2, 0.25) is 0 Å². The van der Waals surface area contributed by atoms with Crippen molar-refractivity contribution in [3.8, 4) is 0 Å². The molecule has 0 heterocycles. The molecule has 0 aromatic rings. The molecule has 16 heavy (non-hydrogen) atoms. The van der Waals surface area contributed by atoms with E-state index >= 15 is 0 Å². The van der Waals surface area contributed by atoms with Crippen LogP contribution >= 0.6 is 0 Å². The number of amides is 1. The van der Waals surface area contributed by atoms with E-state index in [-0.39, 0.29) is 24.8 Å². The number of nitrogens with two attached hydrogens (primary N) is 1. The van der Waals surface area contributed by atoms with Crippen molar-refractivity contribution in [2.75, 3.05) is 20.2 Å². The van der Waals surface area contributed by atoms with Crippen LogP contribution in [0.5, 0.6) is 0 Å². The Labute approximate surface area is 95.1 Å². The lowest BCUT2D eigenvalue weighted by Gasteiger charge is -2.15. The van der Waals surface area contributed by atoms with Crippen molar-refractivity contribution in [3.05, 3.63) is 0 Å². The Morgan fingerprint density at radius 3 is 2.56 bits per heavy atom. The number of carbonyl (C=O) groups is 2. The van der Waals surface area contributed by atoms with E-state index in [0.29, 0.717) is 13.0 Å². The minimum absolute atomic E-state index is 0.113. The van der Waals surface area contributed by atoms with Crippen LogP contribution in [0.1, 0.15) is 19.8 Å². The number of ether oxygens (including phenoxy) is 1. The largest absolute Gasteiger partial charge is 0.481 e. The van der Waals surface area contributed by atoms with Crippen molar-refractivity contribution in [1.29, 1.82) is 0 Å². The molecular weight excluding hydrogens is 212 g/mol. The minimum Gasteiger partial charge on any atom is -0.481 e. The predicted octanol–water partition coefficient (Wildman–Crippen LogP) is -0.423. The molecule has 0 rings (SSSR count). The molecule has 0 aliphatic carbocycles. The van der Waals surface area contributed by atoms with Gasteiger partial charge in [-0.15, -0.1) is 0 Å². The lowest BCUT2D eigenvalue weighted by molar-refractivity contribution is -0.137. The molecule has 94 valence electrons. The van der Waals surface area contributed by atoms with Crippen LogP contribution in [0.4, 0.5) is 0 Å². The molecule has 6 heteroatoms. The molecular formula is C10H20N2O4. The summed E-state index contributed by atoms with van der Waals surface area (Å²) in [5.74, 6) is -0.961. The number of carbonyl (C=O) groups excluding carboxylic acids is 1. The van der Waals surface area contributed by atoms with Crippen molar-refractivity contribution >= 4 is 11.9 Å². The second kappa shape index (κ2) is 8.06. The molecule has 0 aromatic heterocycles. The predicted molar refractivity (Wildman–Crippen MR) is 58.9 cm³/mol. The smallest absolute Gasteiger partial charge is 0.303 e. The maximum absolute atomic E-state index is 11.4. The number of nitrogens with one attached hydrogen (secondary N) is 1. The Balaban J connectivity index is 3.77. The second-order valence-corrected chi connectivity index (χ2v) is 3.74. The molecule has 6 nitrogen and oxygen atoms in total. The summed E-state index contributed by atoms with van der Waals surface area (Å²) in [6.07, 6.45) is 0.0176. The molecule has 0 bridgehead atoms. The van der Waals surface area contributed by atoms with Crippen LogP contribution in [0.25, 0.3) is 0 Å². The third-order valence-electron chi connectivity index (χ3n) is 2.27. The van der Waals surface area contributed by atoms with Crippen molar-refractivity contribution in [2.45, 2.75) is 25.9 Å². The quantitative estimate of drug-likeness (QED) is 0.527. The molecule has 0 aromatic carbocycles. The number of hydrogen-bond donors (Lipinski definition) is 3. The monoisotopic (exact) mass is 232 g/mol. The van der Waals surface area contributed by atoms with Gasteiger partial charge in [-0.2, -0.15) is 0 Å². The first-order valence-electron chi connectivity index (χ1n) is 5.23. The first-order valence-corrected chi connectivity index (χ1v) is 5.23. The summed E-state index contributed by atoms with van der Waals surface area (Å²) in [6.45, 7) is 2.45. The maximum atomic E-state index is 11.4. The van der Waals surface area contributed by atoms with Gasteiger partial charge in [-0.1, -0.05) is 6.92 Å². The summed E-state index contributed by atoms with van der Waals surface area (Å²) in [4.78, 5) is 21.7. The average Bonchev–Trinajstić information content (AvgIpc) is 2.25. The highest BCUT2D eigenvalue weighted by atomic mass is 16.5. The van der Waals surface area contributed by atoms with E-state index in [1.807, 2.05) is 6.92 Å². The van der Waals surface area contributed by atoms with E-state index in [4.69, 9.17) is 15.6 Å². The summed E-state index contributed by atoms with van der Waals surface area (Å²) in [5, 5.41) is 11.2. The number of rotatable bonds is 8. The van der Waals surface area contributed by atoms with Gasteiger partial charge in [0.15, 0.2) is 0 Å². The van der Waals surface area contributed by atoms with Gasteiger partial charge in [-0.3, -0.25) is 9.59 Å². The molecule has 2 unspecified atom stereocenters. The van der Waals surface area contributed by atoms with Crippen molar-refractivity contribution in [3.63, 3.8) is 0 Å². The number of methoxy groups -OCH3 is 1. The van der Waals surface area contributed by atoms with Gasteiger partial charge in [0.05, 0.1) is 0 Å². The highest BCUT2D eigenvalue weighted by molar-refractivity contribution is 5.80. The average molecular weight is 232 g/mol. The number of aliphatic carboxylic acids is 1. The summed E-state index contributed by atoms with van der Waals surface area (Å²) in [7, 11) is 1.42. The lowest BCUT2D eigenvalue weighted by Crippen LogP contribution is -2.42. The first-order chi connectivity index (χ1) is 7.51. The third-order valence-corrected chi connectivity index (χ3v) is 2.27. The molecule has 1 amide bonds. The second-order valence-electron chi connectivity index (χ2n) is 3.74. The van der Waals surface area contributed by atoms with Crippen LogP contribution in [-0.4, -0.2) is 43.3 Å². The molecule has 0 fully saturated rings. The van der Waals surface area contributed by atoms with Gasteiger partial charge < -0.3 is 20.9 Å². The Morgan fingerprint density at radius 2 is 2.12 bits per heavy atom. The zero-order chi connectivity index (χ0) is 12.6. The highest BCUT2D eigenvalue weighted by Gasteiger charge is 2.16. The third kappa shape index (κ3) is 6.36. The SMILES string of the molecule is COC(CN)C(=O)NCC(C)CCC(=O)O. The van der Waals surface area contributed by atoms with Gasteiger partial charge in [0, 0.05) is 26.6 Å². The van der Waals surface area contributed by atoms with Crippen molar-refractivity contribution in [1.82, 2.24) is 5.32 Å². The van der Waals surface area contributed by atoms with Gasteiger partial charge in [-0.05, 0) is 12.3 Å². The van der Waals surface area contributed by atoms with Gasteiger partial charge >= 0.3 is 5.97 Å². The molecule has 2 atom stereocenters.